The van der Waals surface area contributed by atoms with E-state index < -0.39 is 0 Å². The van der Waals surface area contributed by atoms with Crippen LogP contribution in [0.25, 0.3) is 82.1 Å². The summed E-state index contributed by atoms with van der Waals surface area (Å²) in [4.78, 5) is 24.1. The number of nitrogens with zero attached hydrogens (tertiary/aromatic N) is 5. The van der Waals surface area contributed by atoms with Gasteiger partial charge in [0.15, 0.2) is 0 Å². The topological polar surface area (TPSA) is 72.3 Å². The van der Waals surface area contributed by atoms with Crippen LogP contribution < -0.4 is 0 Å². The predicted molar refractivity (Wildman–Crippen MR) is 210 cm³/mol. The van der Waals surface area contributed by atoms with Crippen molar-refractivity contribution in [3.8, 4) is 5.69 Å². The number of benzene rings is 4. The van der Waals surface area contributed by atoms with Gasteiger partial charge in [-0.1, -0.05) is 71.9 Å². The van der Waals surface area contributed by atoms with E-state index in [1.54, 1.807) is 6.33 Å². The summed E-state index contributed by atoms with van der Waals surface area (Å²) in [6, 6.07) is 31.2. The van der Waals surface area contributed by atoms with Gasteiger partial charge in [-0.3, -0.25) is 4.57 Å². The highest BCUT2D eigenvalue weighted by Gasteiger charge is 2.22. The molecule has 0 fully saturated rings. The third-order valence-electron chi connectivity index (χ3n) is 10.4. The lowest BCUT2D eigenvalue weighted by atomic mass is 9.84. The first-order valence-corrected chi connectivity index (χ1v) is 17.4. The fraction of sp³-hybridized carbons (Fsp3) is 0.227. The highest BCUT2D eigenvalue weighted by molar-refractivity contribution is 6.22. The molecule has 5 heterocycles. The minimum Gasteiger partial charge on any atom is -0.353 e. The number of aryl methyl sites for hydroxylation is 2. The molecule has 1 N–H and O–H groups in total. The van der Waals surface area contributed by atoms with Crippen LogP contribution in [-0.2, 0) is 10.8 Å². The monoisotopic (exact) mass is 652 g/mol. The number of aromatic amines is 1. The van der Waals surface area contributed by atoms with Crippen molar-refractivity contribution < 1.29 is 0 Å². The van der Waals surface area contributed by atoms with Gasteiger partial charge in [0.2, 0.25) is 0 Å². The summed E-state index contributed by atoms with van der Waals surface area (Å²) in [7, 11) is 0. The second-order valence-corrected chi connectivity index (χ2v) is 15.9. The number of fused-ring (bicyclic) bond motifs is 7. The van der Waals surface area contributed by atoms with Crippen LogP contribution in [0.5, 0.6) is 0 Å². The summed E-state index contributed by atoms with van der Waals surface area (Å²) in [5, 5.41) is 7.91. The third kappa shape index (κ3) is 4.62. The highest BCUT2D eigenvalue weighted by atomic mass is 15.1. The van der Waals surface area contributed by atoms with E-state index in [-0.39, 0.29) is 10.8 Å². The maximum absolute atomic E-state index is 5.45. The molecule has 6 nitrogen and oxygen atoms in total. The average Bonchev–Trinajstić information content (AvgIpc) is 3.46. The Bertz CT molecular complexity index is 2890. The molecule has 0 radical (unpaired) electrons. The first-order chi connectivity index (χ1) is 23.8. The largest absolute Gasteiger partial charge is 0.353 e. The smallest absolute Gasteiger partial charge is 0.138 e. The maximum atomic E-state index is 5.45. The lowest BCUT2D eigenvalue weighted by Gasteiger charge is -2.21. The number of H-pyrrole nitrogens is 1. The van der Waals surface area contributed by atoms with E-state index in [4.69, 9.17) is 9.97 Å². The molecule has 50 heavy (non-hydrogen) atoms. The highest BCUT2D eigenvalue weighted by Crippen LogP contribution is 2.40. The van der Waals surface area contributed by atoms with Gasteiger partial charge in [0.05, 0.1) is 44.7 Å². The molecular formula is C44H40N6. The van der Waals surface area contributed by atoms with Gasteiger partial charge in [0, 0.05) is 37.8 Å². The van der Waals surface area contributed by atoms with E-state index in [2.05, 4.69) is 146 Å². The van der Waals surface area contributed by atoms with E-state index in [0.717, 1.165) is 82.8 Å². The molecule has 6 heteroatoms. The molecule has 4 aromatic carbocycles. The predicted octanol–water partition coefficient (Wildman–Crippen LogP) is 11.2. The number of rotatable bonds is 1. The number of nitrogens with one attached hydrogen (secondary N) is 1. The van der Waals surface area contributed by atoms with Crippen LogP contribution in [-0.4, -0.2) is 29.5 Å². The summed E-state index contributed by atoms with van der Waals surface area (Å²) in [6.07, 6.45) is 1.63. The summed E-state index contributed by atoms with van der Waals surface area (Å²) < 4.78 is 2.21. The second kappa shape index (κ2) is 10.4. The molecule has 0 saturated carbocycles. The van der Waals surface area contributed by atoms with Crippen LogP contribution in [0.3, 0.4) is 0 Å². The molecule has 0 saturated heterocycles. The maximum Gasteiger partial charge on any atom is 0.138 e. The molecule has 246 valence electrons. The molecule has 0 unspecified atom stereocenters. The Morgan fingerprint density at radius 1 is 0.560 bits per heavy atom. The normalized spacial score (nSPS) is 12.8. The average molecular weight is 653 g/mol. The van der Waals surface area contributed by atoms with Crippen molar-refractivity contribution in [1.82, 2.24) is 29.5 Å². The van der Waals surface area contributed by atoms with Crippen molar-refractivity contribution >= 4 is 76.5 Å². The molecule has 0 spiro atoms. The van der Waals surface area contributed by atoms with Crippen LogP contribution in [0.15, 0.2) is 91.3 Å². The Hall–Kier alpha value is -5.62. The molecule has 9 aromatic rings. The number of aromatic nitrogens is 6. The molecule has 9 rings (SSSR count). The van der Waals surface area contributed by atoms with Crippen LogP contribution in [0, 0.1) is 13.8 Å². The lowest BCUT2D eigenvalue weighted by molar-refractivity contribution is 0.591. The molecule has 0 atom stereocenters. The van der Waals surface area contributed by atoms with Gasteiger partial charge in [-0.15, -0.1) is 0 Å². The Kier molecular flexibility index (Phi) is 6.36. The van der Waals surface area contributed by atoms with Gasteiger partial charge in [0.1, 0.15) is 12.0 Å². The van der Waals surface area contributed by atoms with E-state index >= 15 is 0 Å². The van der Waals surface area contributed by atoms with Crippen molar-refractivity contribution in [2.45, 2.75) is 66.2 Å². The SMILES string of the molecule is Cc1ncnc(C)c1-n1c2cccc(c2)c2cc(C(C)(C)C)cc3c4cc(C(C)(C)C)cc(c5ccc6ccc7ccc1nc7c6n5)c4[nH]c23. The quantitative estimate of drug-likeness (QED) is 0.179. The summed E-state index contributed by atoms with van der Waals surface area (Å²) in [5.41, 5.74) is 11.8. The van der Waals surface area contributed by atoms with Gasteiger partial charge < -0.3 is 4.98 Å². The van der Waals surface area contributed by atoms with Gasteiger partial charge in [-0.2, -0.15) is 0 Å². The first-order valence-electron chi connectivity index (χ1n) is 17.4. The molecule has 0 aliphatic heterocycles. The van der Waals surface area contributed by atoms with E-state index in [1.165, 1.54) is 21.9 Å². The second-order valence-electron chi connectivity index (χ2n) is 15.9. The Morgan fingerprint density at radius 3 is 1.78 bits per heavy atom. The summed E-state index contributed by atoms with van der Waals surface area (Å²) >= 11 is 0. The molecule has 5 aromatic heterocycles. The van der Waals surface area contributed by atoms with Gasteiger partial charge in [-0.05, 0) is 95.8 Å². The molecule has 8 bridgehead atoms. The van der Waals surface area contributed by atoms with Crippen molar-refractivity contribution in [3.63, 3.8) is 0 Å². The van der Waals surface area contributed by atoms with Crippen molar-refractivity contribution in [3.05, 3.63) is 114 Å². The molecule has 0 aliphatic carbocycles. The Morgan fingerprint density at radius 2 is 1.12 bits per heavy atom. The molecular weight excluding hydrogens is 613 g/mol. The number of hydrogen-bond acceptors (Lipinski definition) is 4. The third-order valence-corrected chi connectivity index (χ3v) is 10.4. The van der Waals surface area contributed by atoms with E-state index in [9.17, 15) is 0 Å². The number of pyridine rings is 2. The summed E-state index contributed by atoms with van der Waals surface area (Å²) in [5.74, 6) is 0. The zero-order valence-electron chi connectivity index (χ0n) is 29.9. The van der Waals surface area contributed by atoms with Crippen LogP contribution >= 0.6 is 0 Å². The molecule has 0 aliphatic rings. The van der Waals surface area contributed by atoms with Crippen LogP contribution in [0.2, 0.25) is 0 Å². The minimum absolute atomic E-state index is 0.0625. The number of hydrogen-bond donors (Lipinski definition) is 1. The van der Waals surface area contributed by atoms with Crippen LogP contribution in [0.1, 0.15) is 64.1 Å². The van der Waals surface area contributed by atoms with E-state index in [1.807, 2.05) is 13.8 Å². The van der Waals surface area contributed by atoms with Gasteiger partial charge in [-0.25, -0.2) is 19.9 Å². The molecule has 0 amide bonds. The van der Waals surface area contributed by atoms with Crippen molar-refractivity contribution in [2.75, 3.05) is 0 Å². The first kappa shape index (κ1) is 30.4. The van der Waals surface area contributed by atoms with Crippen molar-refractivity contribution in [2.24, 2.45) is 0 Å². The Labute approximate surface area is 290 Å². The van der Waals surface area contributed by atoms with E-state index in [0.29, 0.717) is 0 Å². The summed E-state index contributed by atoms with van der Waals surface area (Å²) in [6.45, 7) is 17.8. The lowest BCUT2D eigenvalue weighted by Crippen LogP contribution is -2.11. The zero-order valence-corrected chi connectivity index (χ0v) is 29.9. The van der Waals surface area contributed by atoms with Crippen LogP contribution in [0.4, 0.5) is 0 Å². The standard InChI is InChI=1S/C44H40N6/c1-24-42(25(2)46-23-45-24)50-31-11-9-10-28(18-31)32-19-29(43(3,4)5)20-33-34-21-30(44(6,7)8)22-35(41(34)49-40(32)33)36-16-14-26-12-13-27-15-17-37(50)48-39(27)38(26)47-36/h9-23,49H,1-8H3. The van der Waals surface area contributed by atoms with Gasteiger partial charge >= 0.3 is 0 Å². The van der Waals surface area contributed by atoms with Crippen molar-refractivity contribution in [1.29, 1.82) is 0 Å². The fourth-order valence-corrected chi connectivity index (χ4v) is 7.53. The zero-order chi connectivity index (χ0) is 34.7. The minimum atomic E-state index is -0.0628. The Balaban J connectivity index is 1.63. The fourth-order valence-electron chi connectivity index (χ4n) is 7.53. The van der Waals surface area contributed by atoms with Gasteiger partial charge in [0.25, 0.3) is 0 Å².